The molecule has 0 fully saturated rings. The molecule has 0 aliphatic carbocycles. The molecule has 0 radical (unpaired) electrons. The van der Waals surface area contributed by atoms with E-state index in [1.807, 2.05) is 13.0 Å². The summed E-state index contributed by atoms with van der Waals surface area (Å²) in [6.45, 7) is 8.49. The van der Waals surface area contributed by atoms with Crippen molar-refractivity contribution in [3.05, 3.63) is 11.6 Å². The third kappa shape index (κ3) is 19.6. The lowest BCUT2D eigenvalue weighted by Crippen LogP contribution is -2.46. The first-order valence-electron chi connectivity index (χ1n) is 17.2. The van der Waals surface area contributed by atoms with E-state index in [2.05, 4.69) is 13.8 Å². The highest BCUT2D eigenvalue weighted by molar-refractivity contribution is 6.07. The minimum atomic E-state index is -2.25. The van der Waals surface area contributed by atoms with Gasteiger partial charge in [0.2, 0.25) is 0 Å². The Morgan fingerprint density at radius 1 is 0.750 bits per heavy atom. The SMILES string of the molecule is CCCCCCCCCCCCCC(O)CCCCC(C)CC(C)/C=C(\C)C(=O)C(C)C(=O)OC(CO)C(O)C(O)C(=O)O. The third-order valence-corrected chi connectivity index (χ3v) is 8.47. The van der Waals surface area contributed by atoms with Crippen molar-refractivity contribution in [2.75, 3.05) is 6.61 Å². The van der Waals surface area contributed by atoms with Crippen LogP contribution in [-0.4, -0.2) is 74.3 Å². The summed E-state index contributed by atoms with van der Waals surface area (Å²) in [6.07, 6.45) is 15.7. The number of aliphatic carboxylic acids is 1. The number of rotatable bonds is 28. The van der Waals surface area contributed by atoms with Gasteiger partial charge < -0.3 is 30.3 Å². The molecule has 0 rings (SSSR count). The fourth-order valence-corrected chi connectivity index (χ4v) is 5.65. The lowest BCUT2D eigenvalue weighted by Gasteiger charge is -2.24. The molecule has 0 saturated carbocycles. The number of carbonyl (C=O) groups excluding carboxylic acids is 2. The highest BCUT2D eigenvalue weighted by Crippen LogP contribution is 2.22. The average molecular weight is 629 g/mol. The number of hydrogen-bond acceptors (Lipinski definition) is 8. The number of hydrogen-bond donors (Lipinski definition) is 5. The van der Waals surface area contributed by atoms with E-state index >= 15 is 0 Å². The van der Waals surface area contributed by atoms with Gasteiger partial charge in [-0.1, -0.05) is 117 Å². The standard InChI is InChI=1S/C35H64O9/c1-6-7-8-9-10-11-12-13-14-15-16-20-29(37)21-18-17-19-25(2)22-26(3)23-27(4)31(38)28(5)35(43)44-30(24-36)32(39)33(40)34(41)42/h23,25-26,28-30,32-33,36-37,39-40H,6-22,24H2,1-5H3,(H,41,42)/b27-23+. The lowest BCUT2D eigenvalue weighted by molar-refractivity contribution is -0.176. The number of unbranched alkanes of at least 4 members (excludes halogenated alkanes) is 11. The molecule has 0 bridgehead atoms. The third-order valence-electron chi connectivity index (χ3n) is 8.47. The van der Waals surface area contributed by atoms with Gasteiger partial charge in [0.15, 0.2) is 18.0 Å². The van der Waals surface area contributed by atoms with Crippen LogP contribution in [0.15, 0.2) is 11.6 Å². The Morgan fingerprint density at radius 3 is 1.73 bits per heavy atom. The zero-order valence-electron chi connectivity index (χ0n) is 28.2. The van der Waals surface area contributed by atoms with E-state index in [0.717, 1.165) is 44.9 Å². The maximum Gasteiger partial charge on any atom is 0.335 e. The fourth-order valence-electron chi connectivity index (χ4n) is 5.65. The molecule has 44 heavy (non-hydrogen) atoms. The monoisotopic (exact) mass is 628 g/mol. The van der Waals surface area contributed by atoms with Crippen molar-refractivity contribution in [2.45, 2.75) is 168 Å². The summed E-state index contributed by atoms with van der Waals surface area (Å²) >= 11 is 0. The van der Waals surface area contributed by atoms with E-state index in [1.165, 1.54) is 71.1 Å². The second kappa shape index (κ2) is 25.4. The summed E-state index contributed by atoms with van der Waals surface area (Å²) in [4.78, 5) is 36.1. The topological polar surface area (TPSA) is 162 Å². The summed E-state index contributed by atoms with van der Waals surface area (Å²) < 4.78 is 4.94. The van der Waals surface area contributed by atoms with Crippen LogP contribution in [0.2, 0.25) is 0 Å². The van der Waals surface area contributed by atoms with Gasteiger partial charge in [-0.2, -0.15) is 0 Å². The predicted octanol–water partition coefficient (Wildman–Crippen LogP) is 6.13. The first kappa shape index (κ1) is 42.2. The molecule has 0 aliphatic rings. The van der Waals surface area contributed by atoms with Crippen LogP contribution in [0.25, 0.3) is 0 Å². The quantitative estimate of drug-likeness (QED) is 0.0297. The van der Waals surface area contributed by atoms with E-state index in [9.17, 15) is 34.8 Å². The maximum absolute atomic E-state index is 12.8. The van der Waals surface area contributed by atoms with Gasteiger partial charge in [0.05, 0.1) is 12.7 Å². The van der Waals surface area contributed by atoms with E-state index < -0.39 is 48.6 Å². The highest BCUT2D eigenvalue weighted by Gasteiger charge is 2.35. The van der Waals surface area contributed by atoms with Crippen LogP contribution in [0, 0.1) is 17.8 Å². The molecular weight excluding hydrogens is 564 g/mol. The number of Topliss-reactive ketones (excluding diaryl/α,β-unsaturated/α-hetero) is 1. The van der Waals surface area contributed by atoms with E-state index in [4.69, 9.17) is 9.84 Å². The molecule has 9 heteroatoms. The Morgan fingerprint density at radius 2 is 1.23 bits per heavy atom. The molecule has 0 spiro atoms. The number of aliphatic hydroxyl groups is 4. The van der Waals surface area contributed by atoms with Crippen LogP contribution in [0.3, 0.4) is 0 Å². The first-order valence-corrected chi connectivity index (χ1v) is 17.2. The van der Waals surface area contributed by atoms with Crippen LogP contribution in [-0.2, 0) is 19.1 Å². The number of ether oxygens (including phenoxy) is 1. The fraction of sp³-hybridized carbons (Fsp3) is 0.857. The van der Waals surface area contributed by atoms with Gasteiger partial charge in [0.1, 0.15) is 12.0 Å². The van der Waals surface area contributed by atoms with Gasteiger partial charge in [-0.15, -0.1) is 0 Å². The summed E-state index contributed by atoms with van der Waals surface area (Å²) in [5.74, 6) is -3.91. The van der Waals surface area contributed by atoms with Crippen LogP contribution in [0.4, 0.5) is 0 Å². The number of carbonyl (C=O) groups is 3. The number of ketones is 1. The van der Waals surface area contributed by atoms with Crippen molar-refractivity contribution in [3.8, 4) is 0 Å². The number of carboxylic acids is 1. The first-order chi connectivity index (χ1) is 20.8. The molecule has 0 aromatic carbocycles. The van der Waals surface area contributed by atoms with Crippen molar-refractivity contribution < 1.29 is 44.7 Å². The molecule has 7 unspecified atom stereocenters. The number of aliphatic hydroxyl groups excluding tert-OH is 4. The van der Waals surface area contributed by atoms with E-state index in [0.29, 0.717) is 11.5 Å². The van der Waals surface area contributed by atoms with Crippen LogP contribution in [0.5, 0.6) is 0 Å². The summed E-state index contributed by atoms with van der Waals surface area (Å²) in [7, 11) is 0. The van der Waals surface area contributed by atoms with Crippen LogP contribution < -0.4 is 0 Å². The number of carboxylic acid groups (broad SMARTS) is 1. The van der Waals surface area contributed by atoms with Gasteiger partial charge in [0.25, 0.3) is 0 Å². The smallest absolute Gasteiger partial charge is 0.335 e. The number of allylic oxidation sites excluding steroid dienone is 2. The largest absolute Gasteiger partial charge is 0.479 e. The number of esters is 1. The Labute approximate surface area is 266 Å². The zero-order chi connectivity index (χ0) is 33.5. The Balaban J connectivity index is 4.25. The second-order valence-electron chi connectivity index (χ2n) is 12.9. The van der Waals surface area contributed by atoms with Crippen LogP contribution in [0.1, 0.15) is 144 Å². The van der Waals surface area contributed by atoms with Gasteiger partial charge >= 0.3 is 11.9 Å². The molecule has 0 amide bonds. The van der Waals surface area contributed by atoms with E-state index in [-0.39, 0.29) is 12.0 Å². The zero-order valence-corrected chi connectivity index (χ0v) is 28.2. The summed E-state index contributed by atoms with van der Waals surface area (Å²) in [5, 5.41) is 47.8. The Bertz CT molecular complexity index is 812. The lowest BCUT2D eigenvalue weighted by atomic mass is 9.89. The van der Waals surface area contributed by atoms with Gasteiger partial charge in [-0.3, -0.25) is 9.59 Å². The van der Waals surface area contributed by atoms with Gasteiger partial charge in [-0.25, -0.2) is 4.79 Å². The highest BCUT2D eigenvalue weighted by atomic mass is 16.6. The molecule has 0 heterocycles. The molecule has 7 atom stereocenters. The Hall–Kier alpha value is -1.81. The molecule has 258 valence electrons. The van der Waals surface area contributed by atoms with Crippen molar-refractivity contribution >= 4 is 17.7 Å². The van der Waals surface area contributed by atoms with Crippen molar-refractivity contribution in [1.29, 1.82) is 0 Å². The maximum atomic E-state index is 12.8. The average Bonchev–Trinajstić information content (AvgIpc) is 2.98. The van der Waals surface area contributed by atoms with Crippen molar-refractivity contribution in [2.24, 2.45) is 17.8 Å². The molecule has 0 aromatic heterocycles. The Kier molecular flexibility index (Phi) is 24.3. The van der Waals surface area contributed by atoms with E-state index in [1.54, 1.807) is 6.92 Å². The summed E-state index contributed by atoms with van der Waals surface area (Å²) in [6, 6.07) is 0. The molecule has 9 nitrogen and oxygen atoms in total. The molecular formula is C35H64O9. The molecule has 5 N–H and O–H groups in total. The molecule has 0 saturated heterocycles. The van der Waals surface area contributed by atoms with Crippen LogP contribution >= 0.6 is 0 Å². The normalized spacial score (nSPS) is 16.9. The van der Waals surface area contributed by atoms with Crippen molar-refractivity contribution in [1.82, 2.24) is 0 Å². The minimum Gasteiger partial charge on any atom is -0.479 e. The minimum absolute atomic E-state index is 0.0987. The molecule has 0 aliphatic heterocycles. The predicted molar refractivity (Wildman–Crippen MR) is 173 cm³/mol. The van der Waals surface area contributed by atoms with Gasteiger partial charge in [-0.05, 0) is 50.5 Å². The summed E-state index contributed by atoms with van der Waals surface area (Å²) in [5.41, 5.74) is 0.395. The van der Waals surface area contributed by atoms with Crippen molar-refractivity contribution in [3.63, 3.8) is 0 Å². The second-order valence-corrected chi connectivity index (χ2v) is 12.9. The molecule has 0 aromatic rings. The van der Waals surface area contributed by atoms with Gasteiger partial charge in [0, 0.05) is 0 Å².